The van der Waals surface area contributed by atoms with Gasteiger partial charge in [-0.15, -0.1) is 0 Å². The van der Waals surface area contributed by atoms with Crippen LogP contribution >= 0.6 is 6.04 Å². The Hall–Kier alpha value is -2.73. The molecule has 0 aliphatic carbocycles. The smallest absolute Gasteiger partial charge is 0.0397 e. The molecule has 0 bridgehead atoms. The van der Waals surface area contributed by atoms with E-state index in [1.54, 1.807) is 0 Å². The summed E-state index contributed by atoms with van der Waals surface area (Å²) in [5, 5.41) is 3.86. The summed E-state index contributed by atoms with van der Waals surface area (Å²) < 4.78 is 0. The Balaban J connectivity index is 1.94. The fraction of sp³-hybridized carbons (Fsp3) is 0. The largest absolute Gasteiger partial charge is 0.0825 e. The average molecular weight is 394 g/mol. The number of hydrogen-bond donors (Lipinski definition) is 0. The molecule has 1 aliphatic rings. The fourth-order valence-corrected chi connectivity index (χ4v) is 8.79. The monoisotopic (exact) mass is 394 g/mol. The predicted molar refractivity (Wildman–Crippen MR) is 125 cm³/mol. The van der Waals surface area contributed by atoms with E-state index in [2.05, 4.69) is 115 Å². The Labute approximate surface area is 171 Å². The van der Waals surface area contributed by atoms with Gasteiger partial charge in [0, 0.05) is 16.7 Å². The molecule has 0 amide bonds. The van der Waals surface area contributed by atoms with Gasteiger partial charge in [0.1, 0.15) is 0 Å². The fourth-order valence-electron chi connectivity index (χ4n) is 4.09. The average Bonchev–Trinajstić information content (AvgIpc) is 3.06. The van der Waals surface area contributed by atoms with E-state index in [1.165, 1.54) is 38.2 Å². The van der Waals surface area contributed by atoms with Crippen molar-refractivity contribution in [1.29, 1.82) is 0 Å². The molecule has 0 radical (unpaired) electrons. The summed E-state index contributed by atoms with van der Waals surface area (Å²) in [6.45, 7) is 0. The maximum absolute atomic E-state index is 6.62. The second-order valence-electron chi connectivity index (χ2n) is 6.92. The van der Waals surface area contributed by atoms with Crippen LogP contribution in [0.4, 0.5) is 0 Å². The number of benzene rings is 4. The lowest BCUT2D eigenvalue weighted by Gasteiger charge is -2.23. The topological polar surface area (TPSA) is 0 Å². The van der Waals surface area contributed by atoms with Crippen LogP contribution in [0.1, 0.15) is 16.7 Å². The first-order valence-electron chi connectivity index (χ1n) is 9.41. The van der Waals surface area contributed by atoms with Crippen molar-refractivity contribution in [3.8, 4) is 0 Å². The van der Waals surface area contributed by atoms with Crippen LogP contribution in [0.25, 0.3) is 10.9 Å². The molecule has 28 heavy (non-hydrogen) atoms. The minimum absolute atomic E-state index is 1.23. The Kier molecular flexibility index (Phi) is 4.36. The predicted octanol–water partition coefficient (Wildman–Crippen LogP) is 6.05. The van der Waals surface area contributed by atoms with Gasteiger partial charge in [-0.1, -0.05) is 127 Å². The number of fused-ring (bicyclic) bond motifs is 1. The summed E-state index contributed by atoms with van der Waals surface area (Å²) in [5.41, 5.74) is 5.02. The molecule has 0 saturated carbocycles. The molecule has 0 fully saturated rings. The van der Waals surface area contributed by atoms with Crippen molar-refractivity contribution < 1.29 is 0 Å². The van der Waals surface area contributed by atoms with Gasteiger partial charge in [0.05, 0.1) is 0 Å². The molecule has 1 atom stereocenters. The molecule has 0 saturated heterocycles. The Morgan fingerprint density at radius 1 is 0.500 bits per heavy atom. The molecular formula is C26H19PS. The van der Waals surface area contributed by atoms with Crippen LogP contribution in [-0.2, 0) is 11.8 Å². The second-order valence-corrected chi connectivity index (χ2v) is 11.2. The third-order valence-electron chi connectivity index (χ3n) is 5.29. The standard InChI is InChI=1S/C26H19PS/c28-27(22-16-8-3-9-17-22)24-19-11-10-18-23(24)25(20-12-4-1-5-13-20)26(27)21-14-6-2-7-15-21/h1-19H. The summed E-state index contributed by atoms with van der Waals surface area (Å²) in [7, 11) is 0. The quantitative estimate of drug-likeness (QED) is 0.381. The molecule has 0 aromatic heterocycles. The van der Waals surface area contributed by atoms with Gasteiger partial charge in [-0.3, -0.25) is 0 Å². The van der Waals surface area contributed by atoms with E-state index < -0.39 is 6.04 Å². The number of hydrogen-bond acceptors (Lipinski definition) is 1. The van der Waals surface area contributed by atoms with Crippen LogP contribution in [0.3, 0.4) is 0 Å². The van der Waals surface area contributed by atoms with Crippen LogP contribution in [0.2, 0.25) is 0 Å². The molecule has 2 heteroatoms. The molecule has 0 N–H and O–H groups in total. The zero-order valence-electron chi connectivity index (χ0n) is 15.3. The van der Waals surface area contributed by atoms with Crippen molar-refractivity contribution in [2.24, 2.45) is 0 Å². The third kappa shape index (κ3) is 2.63. The molecule has 5 rings (SSSR count). The van der Waals surface area contributed by atoms with Crippen LogP contribution in [-0.4, -0.2) is 0 Å². The Bertz CT molecular complexity index is 1210. The van der Waals surface area contributed by atoms with E-state index >= 15 is 0 Å². The van der Waals surface area contributed by atoms with Gasteiger partial charge >= 0.3 is 0 Å². The van der Waals surface area contributed by atoms with Crippen LogP contribution in [0, 0.1) is 0 Å². The Morgan fingerprint density at radius 3 is 1.64 bits per heavy atom. The van der Waals surface area contributed by atoms with E-state index in [1.807, 2.05) is 0 Å². The minimum atomic E-state index is -2.15. The second kappa shape index (κ2) is 7.02. The summed E-state index contributed by atoms with van der Waals surface area (Å²) in [5.74, 6) is 0. The molecular weight excluding hydrogens is 375 g/mol. The highest BCUT2D eigenvalue weighted by Crippen LogP contribution is 2.65. The number of rotatable bonds is 3. The van der Waals surface area contributed by atoms with E-state index in [4.69, 9.17) is 11.8 Å². The summed E-state index contributed by atoms with van der Waals surface area (Å²) in [6.07, 6.45) is 0. The maximum Gasteiger partial charge on any atom is 0.0397 e. The molecule has 0 nitrogen and oxygen atoms in total. The van der Waals surface area contributed by atoms with Gasteiger partial charge in [-0.2, -0.15) is 0 Å². The van der Waals surface area contributed by atoms with Crippen molar-refractivity contribution in [3.05, 3.63) is 132 Å². The normalized spacial score (nSPS) is 18.1. The van der Waals surface area contributed by atoms with Crippen molar-refractivity contribution in [3.63, 3.8) is 0 Å². The highest BCUT2D eigenvalue weighted by Gasteiger charge is 2.39. The third-order valence-corrected chi connectivity index (χ3v) is 10.3. The molecule has 4 aromatic rings. The van der Waals surface area contributed by atoms with Gasteiger partial charge in [-0.25, -0.2) is 0 Å². The lowest BCUT2D eigenvalue weighted by Crippen LogP contribution is -2.15. The van der Waals surface area contributed by atoms with Crippen molar-refractivity contribution in [2.45, 2.75) is 0 Å². The van der Waals surface area contributed by atoms with Gasteiger partial charge in [0.25, 0.3) is 0 Å². The highest BCUT2D eigenvalue weighted by atomic mass is 32.4. The van der Waals surface area contributed by atoms with E-state index in [9.17, 15) is 0 Å². The van der Waals surface area contributed by atoms with Crippen molar-refractivity contribution >= 4 is 39.3 Å². The minimum Gasteiger partial charge on any atom is -0.0825 e. The van der Waals surface area contributed by atoms with E-state index in [0.29, 0.717) is 0 Å². The van der Waals surface area contributed by atoms with Gasteiger partial charge in [-0.05, 0) is 27.6 Å². The first kappa shape index (κ1) is 17.4. The Morgan fingerprint density at radius 2 is 1.00 bits per heavy atom. The van der Waals surface area contributed by atoms with Gasteiger partial charge < -0.3 is 0 Å². The lowest BCUT2D eigenvalue weighted by atomic mass is 9.96. The zero-order chi connectivity index (χ0) is 19.0. The summed E-state index contributed by atoms with van der Waals surface area (Å²) in [4.78, 5) is 0. The highest BCUT2D eigenvalue weighted by molar-refractivity contribution is 8.27. The first-order valence-corrected chi connectivity index (χ1v) is 12.2. The maximum atomic E-state index is 6.62. The molecule has 1 unspecified atom stereocenters. The van der Waals surface area contributed by atoms with Crippen LogP contribution < -0.4 is 10.6 Å². The zero-order valence-corrected chi connectivity index (χ0v) is 17.0. The van der Waals surface area contributed by atoms with E-state index in [0.717, 1.165) is 0 Å². The van der Waals surface area contributed by atoms with Gasteiger partial charge in [0.2, 0.25) is 0 Å². The summed E-state index contributed by atoms with van der Waals surface area (Å²) in [6, 6.07) is 38.6. The molecule has 1 heterocycles. The van der Waals surface area contributed by atoms with Crippen LogP contribution in [0.5, 0.6) is 0 Å². The lowest BCUT2D eigenvalue weighted by molar-refractivity contribution is 1.58. The summed E-state index contributed by atoms with van der Waals surface area (Å²) >= 11 is 6.62. The molecule has 0 spiro atoms. The van der Waals surface area contributed by atoms with Crippen molar-refractivity contribution in [2.75, 3.05) is 0 Å². The van der Waals surface area contributed by atoms with Gasteiger partial charge in [0.15, 0.2) is 0 Å². The van der Waals surface area contributed by atoms with Crippen molar-refractivity contribution in [1.82, 2.24) is 0 Å². The van der Waals surface area contributed by atoms with E-state index in [-0.39, 0.29) is 0 Å². The first-order chi connectivity index (χ1) is 13.8. The van der Waals surface area contributed by atoms with Crippen LogP contribution in [0.15, 0.2) is 115 Å². The molecule has 4 aromatic carbocycles. The molecule has 1 aliphatic heterocycles. The SMILES string of the molecule is S=P1(c2ccccc2)C(c2ccccc2)=C(c2ccccc2)c2ccccc21. The molecule has 134 valence electrons.